The van der Waals surface area contributed by atoms with Gasteiger partial charge in [-0.05, 0) is 51.3 Å². The highest BCUT2D eigenvalue weighted by molar-refractivity contribution is 8.01. The van der Waals surface area contributed by atoms with Gasteiger partial charge in [-0.1, -0.05) is 71.6 Å². The second-order valence-corrected chi connectivity index (χ2v) is 11.8. The molecule has 1 atom stereocenters. The summed E-state index contributed by atoms with van der Waals surface area (Å²) in [6, 6.07) is 15.2. The summed E-state index contributed by atoms with van der Waals surface area (Å²) in [5.41, 5.74) is 3.26. The van der Waals surface area contributed by atoms with Gasteiger partial charge in [-0.2, -0.15) is 4.52 Å². The van der Waals surface area contributed by atoms with Crippen molar-refractivity contribution in [3.8, 4) is 0 Å². The molecule has 4 aromatic rings. The SMILES string of the molecule is Cc1cccc(C)c1NC(=O)CSc1nn2c([C@H](Cc3ccccc3)NC(=O)OC(C)(C)C)nnc2s1. The Labute approximate surface area is 224 Å². The summed E-state index contributed by atoms with van der Waals surface area (Å²) in [5.74, 6) is 0.589. The summed E-state index contributed by atoms with van der Waals surface area (Å²) in [6.07, 6.45) is -0.0582. The average Bonchev–Trinajstić information content (AvgIpc) is 3.40. The number of carbonyl (C=O) groups excluding carboxylic acids is 2. The number of alkyl carbamates (subject to hydrolysis) is 1. The van der Waals surface area contributed by atoms with Gasteiger partial charge in [0.25, 0.3) is 0 Å². The monoisotopic (exact) mass is 538 g/mol. The van der Waals surface area contributed by atoms with Gasteiger partial charge in [0.15, 0.2) is 10.2 Å². The minimum Gasteiger partial charge on any atom is -0.444 e. The van der Waals surface area contributed by atoms with Gasteiger partial charge in [-0.3, -0.25) is 4.79 Å². The molecule has 11 heteroatoms. The summed E-state index contributed by atoms with van der Waals surface area (Å²) < 4.78 is 7.78. The van der Waals surface area contributed by atoms with E-state index in [2.05, 4.69) is 25.9 Å². The Morgan fingerprint density at radius 3 is 2.43 bits per heavy atom. The second-order valence-electron chi connectivity index (χ2n) is 9.61. The first kappa shape index (κ1) is 26.6. The molecule has 4 rings (SSSR count). The molecule has 0 aliphatic rings. The Morgan fingerprint density at radius 1 is 1.05 bits per heavy atom. The van der Waals surface area contributed by atoms with Gasteiger partial charge < -0.3 is 15.4 Å². The number of anilines is 1. The third-order valence-corrected chi connectivity index (χ3v) is 7.39. The number of nitrogens with zero attached hydrogens (tertiary/aromatic N) is 4. The molecule has 194 valence electrons. The van der Waals surface area contributed by atoms with Crippen molar-refractivity contribution in [2.45, 2.75) is 57.0 Å². The highest BCUT2D eigenvalue weighted by Crippen LogP contribution is 2.28. The van der Waals surface area contributed by atoms with Gasteiger partial charge in [0.1, 0.15) is 5.60 Å². The highest BCUT2D eigenvalue weighted by atomic mass is 32.2. The Balaban J connectivity index is 1.50. The number of fused-ring (bicyclic) bond motifs is 1. The van der Waals surface area contributed by atoms with Gasteiger partial charge in [0.2, 0.25) is 10.9 Å². The maximum atomic E-state index is 12.6. The zero-order chi connectivity index (χ0) is 26.6. The molecule has 0 saturated carbocycles. The normalized spacial score (nSPS) is 12.4. The maximum Gasteiger partial charge on any atom is 0.408 e. The van der Waals surface area contributed by atoms with Crippen molar-refractivity contribution in [3.05, 3.63) is 71.0 Å². The van der Waals surface area contributed by atoms with E-state index in [4.69, 9.17) is 4.74 Å². The van der Waals surface area contributed by atoms with Crippen LogP contribution in [-0.2, 0) is 16.0 Å². The van der Waals surface area contributed by atoms with Crippen LogP contribution in [0.2, 0.25) is 0 Å². The zero-order valence-electron chi connectivity index (χ0n) is 21.4. The molecule has 2 aromatic carbocycles. The topological polar surface area (TPSA) is 111 Å². The third kappa shape index (κ3) is 7.07. The first-order valence-corrected chi connectivity index (χ1v) is 13.6. The lowest BCUT2D eigenvalue weighted by Gasteiger charge is -2.22. The number of hydrogen-bond acceptors (Lipinski definition) is 8. The van der Waals surface area contributed by atoms with E-state index in [9.17, 15) is 9.59 Å². The molecular formula is C26H30N6O3S2. The van der Waals surface area contributed by atoms with Crippen molar-refractivity contribution in [1.29, 1.82) is 0 Å². The van der Waals surface area contributed by atoms with Gasteiger partial charge in [-0.25, -0.2) is 4.79 Å². The number of aromatic nitrogens is 4. The van der Waals surface area contributed by atoms with E-state index in [0.29, 0.717) is 21.5 Å². The van der Waals surface area contributed by atoms with Crippen molar-refractivity contribution in [2.75, 3.05) is 11.1 Å². The number of para-hydroxylation sites is 1. The molecule has 0 aliphatic heterocycles. The lowest BCUT2D eigenvalue weighted by atomic mass is 10.1. The first-order chi connectivity index (χ1) is 17.6. The molecule has 2 N–H and O–H groups in total. The summed E-state index contributed by atoms with van der Waals surface area (Å²) in [5, 5.41) is 19.1. The number of hydrogen-bond donors (Lipinski definition) is 2. The molecule has 0 radical (unpaired) electrons. The first-order valence-electron chi connectivity index (χ1n) is 11.8. The lowest BCUT2D eigenvalue weighted by molar-refractivity contribution is -0.113. The molecule has 0 aliphatic carbocycles. The van der Waals surface area contributed by atoms with Crippen molar-refractivity contribution in [3.63, 3.8) is 0 Å². The van der Waals surface area contributed by atoms with Crippen LogP contribution >= 0.6 is 23.1 Å². The summed E-state index contributed by atoms with van der Waals surface area (Å²) in [4.78, 5) is 25.8. The van der Waals surface area contributed by atoms with Crippen molar-refractivity contribution in [1.82, 2.24) is 25.1 Å². The molecule has 2 amide bonds. The smallest absolute Gasteiger partial charge is 0.408 e. The number of aryl methyl sites for hydroxylation is 2. The van der Waals surface area contributed by atoms with Crippen LogP contribution in [0.4, 0.5) is 10.5 Å². The van der Waals surface area contributed by atoms with Crippen LogP contribution in [0.15, 0.2) is 52.9 Å². The van der Waals surface area contributed by atoms with Crippen LogP contribution in [0, 0.1) is 13.8 Å². The van der Waals surface area contributed by atoms with E-state index in [1.165, 1.54) is 23.1 Å². The quantitative estimate of drug-likeness (QED) is 0.291. The Kier molecular flexibility index (Phi) is 8.13. The van der Waals surface area contributed by atoms with E-state index >= 15 is 0 Å². The number of rotatable bonds is 8. The number of amides is 2. The van der Waals surface area contributed by atoms with Crippen LogP contribution in [0.1, 0.15) is 49.3 Å². The molecule has 2 heterocycles. The fourth-order valence-corrected chi connectivity index (χ4v) is 5.39. The van der Waals surface area contributed by atoms with Gasteiger partial charge in [0.05, 0.1) is 11.8 Å². The lowest BCUT2D eigenvalue weighted by Crippen LogP contribution is -2.36. The standard InChI is InChI=1S/C26H30N6O3S2/c1-16-10-9-11-17(2)21(16)28-20(33)15-36-25-31-32-22(29-30-23(32)37-25)19(14-18-12-7-6-8-13-18)27-24(34)35-26(3,4)5/h6-13,19H,14-15H2,1-5H3,(H,27,34)(H,28,33)/t19-/m0/s1. The van der Waals surface area contributed by atoms with Crippen molar-refractivity contribution < 1.29 is 14.3 Å². The van der Waals surface area contributed by atoms with Gasteiger partial charge in [0, 0.05) is 12.1 Å². The molecule has 2 aromatic heterocycles. The molecule has 0 bridgehead atoms. The van der Waals surface area contributed by atoms with Crippen molar-refractivity contribution >= 4 is 45.7 Å². The highest BCUT2D eigenvalue weighted by Gasteiger charge is 2.26. The van der Waals surface area contributed by atoms with Crippen LogP contribution in [0.3, 0.4) is 0 Å². The molecule has 0 unspecified atom stereocenters. The van der Waals surface area contributed by atoms with E-state index in [0.717, 1.165) is 22.4 Å². The minimum atomic E-state index is -0.636. The van der Waals surface area contributed by atoms with Crippen molar-refractivity contribution in [2.24, 2.45) is 0 Å². The van der Waals surface area contributed by atoms with E-state index in [1.807, 2.05) is 83.1 Å². The average molecular weight is 539 g/mol. The number of ether oxygens (including phenoxy) is 1. The molecule has 37 heavy (non-hydrogen) atoms. The Bertz CT molecular complexity index is 1370. The Hall–Kier alpha value is -3.44. The second kappa shape index (κ2) is 11.3. The van der Waals surface area contributed by atoms with E-state index in [1.54, 1.807) is 4.52 Å². The van der Waals surface area contributed by atoms with Gasteiger partial charge in [-0.15, -0.1) is 15.3 Å². The van der Waals surface area contributed by atoms with Gasteiger partial charge >= 0.3 is 6.09 Å². The van der Waals surface area contributed by atoms with Crippen LogP contribution in [-0.4, -0.2) is 43.2 Å². The molecule has 9 nitrogen and oxygen atoms in total. The largest absolute Gasteiger partial charge is 0.444 e. The summed E-state index contributed by atoms with van der Waals surface area (Å²) >= 11 is 2.67. The zero-order valence-corrected chi connectivity index (χ0v) is 23.1. The third-order valence-electron chi connectivity index (χ3n) is 5.35. The maximum absolute atomic E-state index is 12.6. The number of nitrogens with one attached hydrogen (secondary N) is 2. The molecule has 0 fully saturated rings. The summed E-state index contributed by atoms with van der Waals surface area (Å²) in [6.45, 7) is 9.38. The summed E-state index contributed by atoms with van der Waals surface area (Å²) in [7, 11) is 0. The number of benzene rings is 2. The fourth-order valence-electron chi connectivity index (χ4n) is 3.71. The Morgan fingerprint density at radius 2 is 1.76 bits per heavy atom. The molecule has 0 spiro atoms. The van der Waals surface area contributed by atoms with Crippen LogP contribution in [0.25, 0.3) is 4.96 Å². The molecule has 0 saturated heterocycles. The van der Waals surface area contributed by atoms with E-state index in [-0.39, 0.29) is 11.7 Å². The van der Waals surface area contributed by atoms with E-state index < -0.39 is 17.7 Å². The molecular weight excluding hydrogens is 508 g/mol. The van der Waals surface area contributed by atoms with Crippen LogP contribution in [0.5, 0.6) is 0 Å². The minimum absolute atomic E-state index is 0.109. The predicted octanol–water partition coefficient (Wildman–Crippen LogP) is 5.34. The number of thioether (sulfide) groups is 1. The number of carbonyl (C=O) groups is 2. The predicted molar refractivity (Wildman–Crippen MR) is 146 cm³/mol. The fraction of sp³-hybridized carbons (Fsp3) is 0.346. The van der Waals surface area contributed by atoms with Crippen LogP contribution < -0.4 is 10.6 Å².